The molecule has 0 fully saturated rings. The number of rotatable bonds is 8. The Morgan fingerprint density at radius 3 is 2.55 bits per heavy atom. The van der Waals surface area contributed by atoms with Crippen LogP contribution in [0.15, 0.2) is 18.2 Å². The predicted octanol–water partition coefficient (Wildman–Crippen LogP) is 1.95. The fourth-order valence-electron chi connectivity index (χ4n) is 1.95. The van der Waals surface area contributed by atoms with E-state index in [-0.39, 0.29) is 11.9 Å². The maximum Gasteiger partial charge on any atom is 0.251 e. The minimum absolute atomic E-state index is 0.00977. The third kappa shape index (κ3) is 4.42. The van der Waals surface area contributed by atoms with Crippen LogP contribution in [0.1, 0.15) is 36.5 Å². The van der Waals surface area contributed by atoms with Crippen LogP contribution in [-0.4, -0.2) is 32.7 Å². The average molecular weight is 280 g/mol. The standard InChI is InChI=1S/C15H24N2O3/c1-4-5-6-12(10-16)17-15(18)11-7-8-13(19-2)14(9-11)20-3/h7-9,12H,4-6,10,16H2,1-3H3,(H,17,18). The molecule has 5 nitrogen and oxygen atoms in total. The number of carbonyl (C=O) groups is 1. The number of hydrogen-bond donors (Lipinski definition) is 2. The summed E-state index contributed by atoms with van der Waals surface area (Å²) < 4.78 is 10.3. The minimum Gasteiger partial charge on any atom is -0.493 e. The molecule has 3 N–H and O–H groups in total. The van der Waals surface area contributed by atoms with Gasteiger partial charge in [-0.05, 0) is 24.6 Å². The van der Waals surface area contributed by atoms with Crippen molar-refractivity contribution < 1.29 is 14.3 Å². The van der Waals surface area contributed by atoms with Crippen molar-refractivity contribution in [3.05, 3.63) is 23.8 Å². The van der Waals surface area contributed by atoms with Gasteiger partial charge in [0.25, 0.3) is 5.91 Å². The molecule has 0 aliphatic rings. The van der Waals surface area contributed by atoms with Gasteiger partial charge in [-0.3, -0.25) is 4.79 Å². The summed E-state index contributed by atoms with van der Waals surface area (Å²) in [6.45, 7) is 2.56. The second-order valence-electron chi connectivity index (χ2n) is 4.62. The molecule has 0 aliphatic carbocycles. The van der Waals surface area contributed by atoms with E-state index in [2.05, 4.69) is 12.2 Å². The molecule has 1 atom stereocenters. The van der Waals surface area contributed by atoms with Crippen LogP contribution in [-0.2, 0) is 0 Å². The van der Waals surface area contributed by atoms with Gasteiger partial charge in [0.1, 0.15) is 0 Å². The van der Waals surface area contributed by atoms with Crippen LogP contribution in [0.2, 0.25) is 0 Å². The fourth-order valence-corrected chi connectivity index (χ4v) is 1.95. The Bertz CT molecular complexity index is 435. The molecule has 112 valence electrons. The zero-order valence-electron chi connectivity index (χ0n) is 12.4. The van der Waals surface area contributed by atoms with Crippen LogP contribution in [0.4, 0.5) is 0 Å². The van der Waals surface area contributed by atoms with Crippen molar-refractivity contribution in [1.82, 2.24) is 5.32 Å². The smallest absolute Gasteiger partial charge is 0.251 e. The maximum atomic E-state index is 12.2. The number of carbonyl (C=O) groups excluding carboxylic acids is 1. The molecule has 1 unspecified atom stereocenters. The summed E-state index contributed by atoms with van der Waals surface area (Å²) in [6, 6.07) is 5.11. The zero-order valence-corrected chi connectivity index (χ0v) is 12.4. The first-order valence-electron chi connectivity index (χ1n) is 6.89. The van der Waals surface area contributed by atoms with Gasteiger partial charge in [0, 0.05) is 18.2 Å². The zero-order chi connectivity index (χ0) is 15.0. The fraction of sp³-hybridized carbons (Fsp3) is 0.533. The molecular formula is C15H24N2O3. The predicted molar refractivity (Wildman–Crippen MR) is 79.4 cm³/mol. The molecule has 0 saturated carbocycles. The lowest BCUT2D eigenvalue weighted by molar-refractivity contribution is 0.0935. The highest BCUT2D eigenvalue weighted by Crippen LogP contribution is 2.27. The van der Waals surface area contributed by atoms with Gasteiger partial charge in [0.2, 0.25) is 0 Å². The van der Waals surface area contributed by atoms with Crippen molar-refractivity contribution in [2.75, 3.05) is 20.8 Å². The van der Waals surface area contributed by atoms with Gasteiger partial charge in [0.15, 0.2) is 11.5 Å². The lowest BCUT2D eigenvalue weighted by Gasteiger charge is -2.17. The van der Waals surface area contributed by atoms with Crippen molar-refractivity contribution in [2.45, 2.75) is 32.2 Å². The molecule has 0 bridgehead atoms. The topological polar surface area (TPSA) is 73.6 Å². The number of methoxy groups -OCH3 is 2. The molecule has 1 amide bonds. The molecule has 1 aromatic carbocycles. The Kier molecular flexibility index (Phi) is 6.87. The summed E-state index contributed by atoms with van der Waals surface area (Å²) >= 11 is 0. The lowest BCUT2D eigenvalue weighted by atomic mass is 10.1. The van der Waals surface area contributed by atoms with Crippen molar-refractivity contribution in [3.63, 3.8) is 0 Å². The van der Waals surface area contributed by atoms with Crippen LogP contribution < -0.4 is 20.5 Å². The van der Waals surface area contributed by atoms with E-state index in [1.54, 1.807) is 32.4 Å². The average Bonchev–Trinajstić information content (AvgIpc) is 2.50. The van der Waals surface area contributed by atoms with E-state index in [1.807, 2.05) is 0 Å². The Hall–Kier alpha value is -1.75. The molecule has 5 heteroatoms. The van der Waals surface area contributed by atoms with E-state index >= 15 is 0 Å². The van der Waals surface area contributed by atoms with Crippen LogP contribution in [0.3, 0.4) is 0 Å². The second kappa shape index (κ2) is 8.43. The summed E-state index contributed by atoms with van der Waals surface area (Å²) in [5, 5.41) is 2.95. The highest BCUT2D eigenvalue weighted by molar-refractivity contribution is 5.95. The number of benzene rings is 1. The lowest BCUT2D eigenvalue weighted by Crippen LogP contribution is -2.40. The third-order valence-corrected chi connectivity index (χ3v) is 3.17. The van der Waals surface area contributed by atoms with Crippen LogP contribution in [0, 0.1) is 0 Å². The molecule has 1 rings (SSSR count). The summed E-state index contributed by atoms with van der Waals surface area (Å²) in [4.78, 5) is 12.2. The van der Waals surface area contributed by atoms with Gasteiger partial charge >= 0.3 is 0 Å². The minimum atomic E-state index is -0.141. The van der Waals surface area contributed by atoms with E-state index in [0.717, 1.165) is 19.3 Å². The van der Waals surface area contributed by atoms with Gasteiger partial charge < -0.3 is 20.5 Å². The molecule has 0 heterocycles. The van der Waals surface area contributed by atoms with Gasteiger partial charge in [-0.1, -0.05) is 19.8 Å². The van der Waals surface area contributed by atoms with E-state index in [1.165, 1.54) is 0 Å². The largest absolute Gasteiger partial charge is 0.493 e. The number of hydrogen-bond acceptors (Lipinski definition) is 4. The molecule has 0 spiro atoms. The molecule has 0 radical (unpaired) electrons. The first kappa shape index (κ1) is 16.3. The number of amides is 1. The Balaban J connectivity index is 2.76. The molecular weight excluding hydrogens is 256 g/mol. The van der Waals surface area contributed by atoms with Crippen molar-refractivity contribution >= 4 is 5.91 Å². The van der Waals surface area contributed by atoms with Crippen molar-refractivity contribution in [3.8, 4) is 11.5 Å². The SMILES string of the molecule is CCCCC(CN)NC(=O)c1ccc(OC)c(OC)c1. The maximum absolute atomic E-state index is 12.2. The summed E-state index contributed by atoms with van der Waals surface area (Å²) in [6.07, 6.45) is 3.03. The molecule has 0 aromatic heterocycles. The molecule has 20 heavy (non-hydrogen) atoms. The van der Waals surface area contributed by atoms with Gasteiger partial charge in [0.05, 0.1) is 14.2 Å². The number of ether oxygens (including phenoxy) is 2. The van der Waals surface area contributed by atoms with E-state index in [0.29, 0.717) is 23.6 Å². The molecule has 0 saturated heterocycles. The van der Waals surface area contributed by atoms with Crippen LogP contribution >= 0.6 is 0 Å². The van der Waals surface area contributed by atoms with Gasteiger partial charge in [-0.25, -0.2) is 0 Å². The van der Waals surface area contributed by atoms with Crippen LogP contribution in [0.5, 0.6) is 11.5 Å². The Morgan fingerprint density at radius 2 is 2.00 bits per heavy atom. The summed E-state index contributed by atoms with van der Waals surface area (Å²) in [5.41, 5.74) is 6.22. The van der Waals surface area contributed by atoms with Crippen molar-refractivity contribution in [2.24, 2.45) is 5.73 Å². The normalized spacial score (nSPS) is 11.8. The first-order chi connectivity index (χ1) is 9.65. The summed E-state index contributed by atoms with van der Waals surface area (Å²) in [5.74, 6) is 1.00. The monoisotopic (exact) mass is 280 g/mol. The van der Waals surface area contributed by atoms with E-state index in [4.69, 9.17) is 15.2 Å². The third-order valence-electron chi connectivity index (χ3n) is 3.17. The number of nitrogens with one attached hydrogen (secondary N) is 1. The summed E-state index contributed by atoms with van der Waals surface area (Å²) in [7, 11) is 3.11. The number of nitrogens with two attached hydrogens (primary N) is 1. The van der Waals surface area contributed by atoms with Gasteiger partial charge in [-0.15, -0.1) is 0 Å². The first-order valence-corrected chi connectivity index (χ1v) is 6.89. The van der Waals surface area contributed by atoms with Crippen molar-refractivity contribution in [1.29, 1.82) is 0 Å². The van der Waals surface area contributed by atoms with E-state index < -0.39 is 0 Å². The molecule has 0 aliphatic heterocycles. The highest BCUT2D eigenvalue weighted by Gasteiger charge is 2.14. The van der Waals surface area contributed by atoms with Gasteiger partial charge in [-0.2, -0.15) is 0 Å². The second-order valence-corrected chi connectivity index (χ2v) is 4.62. The number of unbranched alkanes of at least 4 members (excludes halogenated alkanes) is 1. The molecule has 1 aromatic rings. The Morgan fingerprint density at radius 1 is 1.30 bits per heavy atom. The highest BCUT2D eigenvalue weighted by atomic mass is 16.5. The van der Waals surface area contributed by atoms with Crippen LogP contribution in [0.25, 0.3) is 0 Å². The van der Waals surface area contributed by atoms with E-state index in [9.17, 15) is 4.79 Å². The Labute approximate surface area is 120 Å². The quantitative estimate of drug-likeness (QED) is 0.763.